The van der Waals surface area contributed by atoms with E-state index in [9.17, 15) is 22.8 Å². The number of carbonyl (C=O) groups is 2. The third kappa shape index (κ3) is 2.81. The number of aromatic nitrogens is 2. The van der Waals surface area contributed by atoms with E-state index in [0.717, 1.165) is 17.7 Å². The number of Topliss-reactive ketones (excluding diaryl/α,β-unsaturated/α-hetero) is 1. The van der Waals surface area contributed by atoms with Crippen molar-refractivity contribution in [1.82, 2.24) is 9.61 Å². The van der Waals surface area contributed by atoms with Gasteiger partial charge in [0.2, 0.25) is 5.88 Å². The quantitative estimate of drug-likeness (QED) is 0.485. The van der Waals surface area contributed by atoms with Crippen LogP contribution in [-0.2, 0) is 15.7 Å². The van der Waals surface area contributed by atoms with Gasteiger partial charge in [0, 0.05) is 11.6 Å². The van der Waals surface area contributed by atoms with E-state index < -0.39 is 29.0 Å². The maximum Gasteiger partial charge on any atom is 0.435 e. The molecular formula is C15H15F3N2O4. The molecule has 6 nitrogen and oxygen atoms in total. The Morgan fingerprint density at radius 3 is 2.29 bits per heavy atom. The largest absolute Gasteiger partial charge is 0.481 e. The smallest absolute Gasteiger partial charge is 0.435 e. The minimum atomic E-state index is -4.69. The average molecular weight is 344 g/mol. The Kier molecular flexibility index (Phi) is 4.30. The van der Waals surface area contributed by atoms with Crippen molar-refractivity contribution < 1.29 is 32.2 Å². The fourth-order valence-electron chi connectivity index (χ4n) is 2.22. The van der Waals surface area contributed by atoms with E-state index in [-0.39, 0.29) is 17.0 Å². The molecule has 130 valence electrons. The van der Waals surface area contributed by atoms with Crippen molar-refractivity contribution in [2.45, 2.75) is 20.0 Å². The first-order chi connectivity index (χ1) is 11.0. The number of fused-ring (bicyclic) bond motifs is 1. The first-order valence-electron chi connectivity index (χ1n) is 6.81. The molecule has 0 aromatic carbocycles. The molecule has 2 aromatic rings. The van der Waals surface area contributed by atoms with Crippen LogP contribution in [0.2, 0.25) is 0 Å². The number of pyridine rings is 1. The van der Waals surface area contributed by atoms with Gasteiger partial charge in [0.25, 0.3) is 0 Å². The summed E-state index contributed by atoms with van der Waals surface area (Å²) >= 11 is 0. The van der Waals surface area contributed by atoms with Gasteiger partial charge in [-0.2, -0.15) is 22.8 Å². The Balaban J connectivity index is 2.70. The van der Waals surface area contributed by atoms with Crippen molar-refractivity contribution in [3.63, 3.8) is 0 Å². The van der Waals surface area contributed by atoms with E-state index in [2.05, 4.69) is 9.84 Å². The number of esters is 1. The second-order valence-corrected chi connectivity index (χ2v) is 5.56. The fraction of sp³-hybridized carbons (Fsp3) is 0.400. The highest BCUT2D eigenvalue weighted by atomic mass is 19.4. The summed E-state index contributed by atoms with van der Waals surface area (Å²) in [5.41, 5.74) is -2.93. The molecular weight excluding hydrogens is 329 g/mol. The van der Waals surface area contributed by atoms with E-state index in [1.165, 1.54) is 33.1 Å². The Bertz CT molecular complexity index is 809. The predicted octanol–water partition coefficient (Wildman–Crippen LogP) is 2.74. The molecule has 0 aliphatic rings. The van der Waals surface area contributed by atoms with Gasteiger partial charge in [0.15, 0.2) is 11.5 Å². The highest BCUT2D eigenvalue weighted by Gasteiger charge is 2.40. The average Bonchev–Trinajstić information content (AvgIpc) is 2.97. The van der Waals surface area contributed by atoms with Gasteiger partial charge >= 0.3 is 12.1 Å². The van der Waals surface area contributed by atoms with Crippen LogP contribution < -0.4 is 4.74 Å². The first-order valence-corrected chi connectivity index (χ1v) is 6.81. The van der Waals surface area contributed by atoms with Crippen LogP contribution in [0.1, 0.15) is 29.9 Å². The normalized spacial score (nSPS) is 12.3. The number of hydrogen-bond donors (Lipinski definition) is 0. The number of halogens is 3. The van der Waals surface area contributed by atoms with Gasteiger partial charge in [-0.25, -0.2) is 0 Å². The molecule has 0 unspecified atom stereocenters. The summed E-state index contributed by atoms with van der Waals surface area (Å²) in [5.74, 6) is -1.46. The fourth-order valence-corrected chi connectivity index (χ4v) is 2.22. The van der Waals surface area contributed by atoms with E-state index in [1.807, 2.05) is 0 Å². The zero-order valence-electron chi connectivity index (χ0n) is 13.4. The first kappa shape index (κ1) is 17.8. The number of alkyl halides is 3. The molecule has 0 spiro atoms. The van der Waals surface area contributed by atoms with Gasteiger partial charge in [-0.1, -0.05) is 0 Å². The number of methoxy groups -OCH3 is 2. The number of hydrogen-bond acceptors (Lipinski definition) is 5. The van der Waals surface area contributed by atoms with Gasteiger partial charge in [-0.05, 0) is 26.0 Å². The summed E-state index contributed by atoms with van der Waals surface area (Å²) in [6, 6.07) is 3.34. The van der Waals surface area contributed by atoms with Crippen LogP contribution in [0.5, 0.6) is 5.88 Å². The molecule has 2 aromatic heterocycles. The van der Waals surface area contributed by atoms with Gasteiger partial charge in [-0.3, -0.25) is 9.59 Å². The molecule has 2 rings (SSSR count). The number of ether oxygens (including phenoxy) is 2. The molecule has 9 heteroatoms. The molecule has 0 atom stereocenters. The molecule has 0 aliphatic heterocycles. The van der Waals surface area contributed by atoms with Crippen LogP contribution in [0, 0.1) is 5.41 Å². The molecule has 2 heterocycles. The summed E-state index contributed by atoms with van der Waals surface area (Å²) < 4.78 is 49.2. The Morgan fingerprint density at radius 2 is 1.79 bits per heavy atom. The number of rotatable bonds is 4. The van der Waals surface area contributed by atoms with Crippen molar-refractivity contribution in [3.8, 4) is 5.88 Å². The zero-order valence-corrected chi connectivity index (χ0v) is 13.4. The highest BCUT2D eigenvalue weighted by molar-refractivity contribution is 6.15. The summed E-state index contributed by atoms with van der Waals surface area (Å²) in [6.45, 7) is 2.67. The molecule has 0 saturated carbocycles. The van der Waals surface area contributed by atoms with Crippen LogP contribution in [-0.4, -0.2) is 35.6 Å². The highest BCUT2D eigenvalue weighted by Crippen LogP contribution is 2.33. The molecule has 0 aliphatic carbocycles. The van der Waals surface area contributed by atoms with Crippen LogP contribution in [0.4, 0.5) is 13.2 Å². The molecule has 0 N–H and O–H groups in total. The standard InChI is InChI=1S/C15H15F3N2O4/c1-14(2,13(22)24-4)12(21)8-5-6-11(23-3)20-9(8)7-10(19-20)15(16,17)18/h5-7H,1-4H3. The summed E-state index contributed by atoms with van der Waals surface area (Å²) in [5, 5.41) is 3.44. The van der Waals surface area contributed by atoms with Crippen molar-refractivity contribution in [2.24, 2.45) is 5.41 Å². The minimum absolute atomic E-state index is 0.0212. The zero-order chi connectivity index (χ0) is 18.3. The second-order valence-electron chi connectivity index (χ2n) is 5.56. The van der Waals surface area contributed by atoms with E-state index in [1.54, 1.807) is 0 Å². The number of ketones is 1. The van der Waals surface area contributed by atoms with Crippen molar-refractivity contribution in [3.05, 3.63) is 29.5 Å². The monoisotopic (exact) mass is 344 g/mol. The third-order valence-corrected chi connectivity index (χ3v) is 3.59. The van der Waals surface area contributed by atoms with E-state index >= 15 is 0 Å². The van der Waals surface area contributed by atoms with Gasteiger partial charge in [0.1, 0.15) is 5.41 Å². The van der Waals surface area contributed by atoms with Crippen molar-refractivity contribution >= 4 is 17.3 Å². The summed E-state index contributed by atoms with van der Waals surface area (Å²) in [7, 11) is 2.39. The number of carbonyl (C=O) groups excluding carboxylic acids is 2. The van der Waals surface area contributed by atoms with Gasteiger partial charge < -0.3 is 9.47 Å². The lowest BCUT2D eigenvalue weighted by atomic mass is 9.84. The molecule has 0 bridgehead atoms. The molecule has 0 fully saturated rings. The lowest BCUT2D eigenvalue weighted by Gasteiger charge is -2.20. The van der Waals surface area contributed by atoms with E-state index in [4.69, 9.17) is 4.74 Å². The summed E-state index contributed by atoms with van der Waals surface area (Å²) in [6.07, 6.45) is -4.69. The van der Waals surface area contributed by atoms with Gasteiger partial charge in [0.05, 0.1) is 19.7 Å². The number of nitrogens with zero attached hydrogens (tertiary/aromatic N) is 2. The maximum absolute atomic E-state index is 12.9. The van der Waals surface area contributed by atoms with Gasteiger partial charge in [-0.15, -0.1) is 0 Å². The minimum Gasteiger partial charge on any atom is -0.481 e. The van der Waals surface area contributed by atoms with Crippen LogP contribution in [0.15, 0.2) is 18.2 Å². The SMILES string of the molecule is COC(=O)C(C)(C)C(=O)c1ccc(OC)n2nc(C(F)(F)F)cc12. The molecule has 0 saturated heterocycles. The maximum atomic E-state index is 12.9. The topological polar surface area (TPSA) is 69.9 Å². The molecule has 0 radical (unpaired) electrons. The molecule has 0 amide bonds. The Labute approximate surface area is 135 Å². The predicted molar refractivity (Wildman–Crippen MR) is 76.9 cm³/mol. The van der Waals surface area contributed by atoms with E-state index in [0.29, 0.717) is 0 Å². The lowest BCUT2D eigenvalue weighted by Crippen LogP contribution is -2.34. The van der Waals surface area contributed by atoms with Crippen molar-refractivity contribution in [1.29, 1.82) is 0 Å². The van der Waals surface area contributed by atoms with Crippen LogP contribution in [0.3, 0.4) is 0 Å². The van der Waals surface area contributed by atoms with Crippen LogP contribution >= 0.6 is 0 Å². The van der Waals surface area contributed by atoms with Crippen LogP contribution in [0.25, 0.3) is 5.52 Å². The Morgan fingerprint density at radius 1 is 1.17 bits per heavy atom. The molecule has 24 heavy (non-hydrogen) atoms. The van der Waals surface area contributed by atoms with Crippen molar-refractivity contribution in [2.75, 3.05) is 14.2 Å². The second kappa shape index (κ2) is 5.81. The summed E-state index contributed by atoms with van der Waals surface area (Å²) in [4.78, 5) is 24.5. The Hall–Kier alpha value is -2.58. The lowest BCUT2D eigenvalue weighted by molar-refractivity contribution is -0.148. The third-order valence-electron chi connectivity index (χ3n) is 3.59.